The van der Waals surface area contributed by atoms with Crippen LogP contribution in [-0.4, -0.2) is 17.3 Å². The van der Waals surface area contributed by atoms with E-state index in [1.165, 1.54) is 0 Å². The molecule has 0 heterocycles. The Labute approximate surface area is 98.8 Å². The Hall–Kier alpha value is -0.440. The van der Waals surface area contributed by atoms with Crippen molar-refractivity contribution in [3.63, 3.8) is 0 Å². The molecule has 2 unspecified atom stereocenters. The van der Waals surface area contributed by atoms with E-state index in [9.17, 15) is 5.11 Å². The smallest absolute Gasteiger partial charge is 0.139 e. The number of aliphatic hydroxyl groups is 1. The van der Waals surface area contributed by atoms with Crippen LogP contribution in [0.3, 0.4) is 0 Å². The van der Waals surface area contributed by atoms with Gasteiger partial charge in [0.1, 0.15) is 16.9 Å². The molecule has 4 heteroatoms. The maximum absolute atomic E-state index is 9.61. The summed E-state index contributed by atoms with van der Waals surface area (Å²) < 4.78 is 5.63. The standard InChI is InChI=1S/C11H12Cl2O2/c12-7-3-1-6-10(11(7)13)15-9-5-2-4-8(9)14/h1,3,6,8-9,14H,2,4-5H2. The predicted octanol–water partition coefficient (Wildman–Crippen LogP) is 3.29. The number of halogens is 2. The third-order valence-electron chi connectivity index (χ3n) is 2.61. The monoisotopic (exact) mass is 246 g/mol. The Bertz CT molecular complexity index is 354. The van der Waals surface area contributed by atoms with Gasteiger partial charge >= 0.3 is 0 Å². The minimum absolute atomic E-state index is 0.152. The molecule has 0 amide bonds. The fourth-order valence-corrected chi connectivity index (χ4v) is 2.12. The largest absolute Gasteiger partial charge is 0.486 e. The van der Waals surface area contributed by atoms with Gasteiger partial charge in [-0.25, -0.2) is 0 Å². The van der Waals surface area contributed by atoms with Gasteiger partial charge in [-0.05, 0) is 31.4 Å². The maximum atomic E-state index is 9.61. The van der Waals surface area contributed by atoms with Crippen LogP contribution in [0.5, 0.6) is 5.75 Å². The second kappa shape index (κ2) is 4.60. The zero-order valence-electron chi connectivity index (χ0n) is 8.12. The molecule has 0 bridgehead atoms. The highest BCUT2D eigenvalue weighted by Crippen LogP contribution is 2.34. The van der Waals surface area contributed by atoms with Crippen LogP contribution in [0.25, 0.3) is 0 Å². The minimum Gasteiger partial charge on any atom is -0.486 e. The van der Waals surface area contributed by atoms with Gasteiger partial charge in [-0.15, -0.1) is 0 Å². The normalized spacial score (nSPS) is 25.5. The van der Waals surface area contributed by atoms with Crippen molar-refractivity contribution in [2.24, 2.45) is 0 Å². The Morgan fingerprint density at radius 1 is 1.27 bits per heavy atom. The van der Waals surface area contributed by atoms with Crippen molar-refractivity contribution in [3.8, 4) is 5.75 Å². The lowest BCUT2D eigenvalue weighted by atomic mass is 10.2. The van der Waals surface area contributed by atoms with Gasteiger partial charge < -0.3 is 9.84 Å². The number of ether oxygens (including phenoxy) is 1. The van der Waals surface area contributed by atoms with Crippen LogP contribution in [0.1, 0.15) is 19.3 Å². The number of benzene rings is 1. The third-order valence-corrected chi connectivity index (χ3v) is 3.41. The van der Waals surface area contributed by atoms with Gasteiger partial charge in [0.05, 0.1) is 11.1 Å². The van der Waals surface area contributed by atoms with E-state index in [0.717, 1.165) is 19.3 Å². The van der Waals surface area contributed by atoms with Crippen LogP contribution in [0.2, 0.25) is 10.0 Å². The molecule has 2 atom stereocenters. The molecule has 0 aromatic heterocycles. The SMILES string of the molecule is OC1CCCC1Oc1cccc(Cl)c1Cl. The van der Waals surface area contributed by atoms with Crippen LogP contribution < -0.4 is 4.74 Å². The Morgan fingerprint density at radius 2 is 2.07 bits per heavy atom. The van der Waals surface area contributed by atoms with Gasteiger partial charge in [0.25, 0.3) is 0 Å². The van der Waals surface area contributed by atoms with E-state index in [-0.39, 0.29) is 12.2 Å². The Morgan fingerprint density at radius 3 is 2.73 bits per heavy atom. The summed E-state index contributed by atoms with van der Waals surface area (Å²) in [4.78, 5) is 0. The van der Waals surface area contributed by atoms with Crippen molar-refractivity contribution in [1.29, 1.82) is 0 Å². The first-order chi connectivity index (χ1) is 7.18. The Kier molecular flexibility index (Phi) is 3.39. The molecule has 1 aliphatic rings. The molecule has 82 valence electrons. The topological polar surface area (TPSA) is 29.5 Å². The molecular weight excluding hydrogens is 235 g/mol. The summed E-state index contributed by atoms with van der Waals surface area (Å²) in [6.45, 7) is 0. The number of hydrogen-bond acceptors (Lipinski definition) is 2. The van der Waals surface area contributed by atoms with Gasteiger partial charge in [0.15, 0.2) is 0 Å². The van der Waals surface area contributed by atoms with E-state index in [2.05, 4.69) is 0 Å². The van der Waals surface area contributed by atoms with Crippen molar-refractivity contribution < 1.29 is 9.84 Å². The molecule has 0 radical (unpaired) electrons. The molecular formula is C11H12Cl2O2. The van der Waals surface area contributed by atoms with Gasteiger partial charge in [-0.2, -0.15) is 0 Å². The molecule has 1 aromatic rings. The highest BCUT2D eigenvalue weighted by atomic mass is 35.5. The summed E-state index contributed by atoms with van der Waals surface area (Å²) in [5.74, 6) is 0.551. The van der Waals surface area contributed by atoms with Crippen molar-refractivity contribution in [2.45, 2.75) is 31.5 Å². The third kappa shape index (κ3) is 2.39. The molecule has 1 aromatic carbocycles. The molecule has 15 heavy (non-hydrogen) atoms. The van der Waals surface area contributed by atoms with E-state index in [1.54, 1.807) is 18.2 Å². The molecule has 1 aliphatic carbocycles. The second-order valence-electron chi connectivity index (χ2n) is 3.71. The minimum atomic E-state index is -0.389. The average molecular weight is 247 g/mol. The summed E-state index contributed by atoms with van der Waals surface area (Å²) in [5.41, 5.74) is 0. The summed E-state index contributed by atoms with van der Waals surface area (Å²) in [7, 11) is 0. The first-order valence-electron chi connectivity index (χ1n) is 4.97. The summed E-state index contributed by atoms with van der Waals surface area (Å²) in [5, 5.41) is 10.5. The fraction of sp³-hybridized carbons (Fsp3) is 0.455. The molecule has 0 saturated heterocycles. The number of aliphatic hydroxyl groups excluding tert-OH is 1. The molecule has 1 saturated carbocycles. The average Bonchev–Trinajstić information content (AvgIpc) is 2.60. The summed E-state index contributed by atoms with van der Waals surface area (Å²) in [6.07, 6.45) is 2.11. The maximum Gasteiger partial charge on any atom is 0.139 e. The van der Waals surface area contributed by atoms with E-state index in [0.29, 0.717) is 15.8 Å². The van der Waals surface area contributed by atoms with E-state index in [1.807, 2.05) is 0 Å². The summed E-state index contributed by atoms with van der Waals surface area (Å²) >= 11 is 11.8. The van der Waals surface area contributed by atoms with Crippen LogP contribution in [0, 0.1) is 0 Å². The summed E-state index contributed by atoms with van der Waals surface area (Å²) in [6, 6.07) is 5.26. The van der Waals surface area contributed by atoms with E-state index < -0.39 is 0 Å². The molecule has 0 aliphatic heterocycles. The molecule has 1 N–H and O–H groups in total. The van der Waals surface area contributed by atoms with Gasteiger partial charge in [-0.1, -0.05) is 29.3 Å². The van der Waals surface area contributed by atoms with Crippen molar-refractivity contribution in [2.75, 3.05) is 0 Å². The molecule has 2 rings (SSSR count). The van der Waals surface area contributed by atoms with Crippen molar-refractivity contribution in [1.82, 2.24) is 0 Å². The van der Waals surface area contributed by atoms with Crippen molar-refractivity contribution >= 4 is 23.2 Å². The quantitative estimate of drug-likeness (QED) is 0.868. The fourth-order valence-electron chi connectivity index (χ4n) is 1.78. The zero-order chi connectivity index (χ0) is 10.8. The van der Waals surface area contributed by atoms with Crippen LogP contribution in [0.15, 0.2) is 18.2 Å². The lowest BCUT2D eigenvalue weighted by Crippen LogP contribution is -2.25. The van der Waals surface area contributed by atoms with Gasteiger partial charge in [0.2, 0.25) is 0 Å². The number of hydrogen-bond donors (Lipinski definition) is 1. The highest BCUT2D eigenvalue weighted by molar-refractivity contribution is 6.42. The first kappa shape index (κ1) is 11.1. The molecule has 1 fully saturated rings. The predicted molar refractivity (Wildman–Crippen MR) is 60.7 cm³/mol. The van der Waals surface area contributed by atoms with Crippen molar-refractivity contribution in [3.05, 3.63) is 28.2 Å². The second-order valence-corrected chi connectivity index (χ2v) is 4.49. The zero-order valence-corrected chi connectivity index (χ0v) is 9.63. The molecule has 2 nitrogen and oxygen atoms in total. The van der Waals surface area contributed by atoms with Crippen LogP contribution >= 0.6 is 23.2 Å². The van der Waals surface area contributed by atoms with E-state index in [4.69, 9.17) is 27.9 Å². The van der Waals surface area contributed by atoms with Crippen LogP contribution in [-0.2, 0) is 0 Å². The highest BCUT2D eigenvalue weighted by Gasteiger charge is 2.27. The van der Waals surface area contributed by atoms with Gasteiger partial charge in [0, 0.05) is 0 Å². The van der Waals surface area contributed by atoms with Gasteiger partial charge in [-0.3, -0.25) is 0 Å². The lowest BCUT2D eigenvalue weighted by Gasteiger charge is -2.18. The first-order valence-corrected chi connectivity index (χ1v) is 5.73. The number of rotatable bonds is 2. The lowest BCUT2D eigenvalue weighted by molar-refractivity contribution is 0.0605. The Balaban J connectivity index is 2.13. The molecule has 0 spiro atoms. The van der Waals surface area contributed by atoms with Crippen LogP contribution in [0.4, 0.5) is 0 Å². The van der Waals surface area contributed by atoms with E-state index >= 15 is 0 Å².